The topological polar surface area (TPSA) is 116 Å². The van der Waals surface area contributed by atoms with Gasteiger partial charge in [0, 0.05) is 22.5 Å². The van der Waals surface area contributed by atoms with Gasteiger partial charge >= 0.3 is 0 Å². The van der Waals surface area contributed by atoms with Gasteiger partial charge in [-0.15, -0.1) is 0 Å². The van der Waals surface area contributed by atoms with E-state index in [0.29, 0.717) is 34.0 Å². The SMILES string of the molecule is COc1ccc(O)c(C2C3=CCC4C(=O)N(C5CCCCC5)C(=O)C4C3CC3C(=O)N(Nc4ccc(F)cc4)C(=O)C32c2ccc(Cl)cc2)c1. The van der Waals surface area contributed by atoms with Crippen LogP contribution in [0.3, 0.4) is 0 Å². The number of nitrogens with zero attached hydrogens (tertiary/aromatic N) is 2. The number of methoxy groups -OCH3 is 1. The zero-order valence-electron chi connectivity index (χ0n) is 27.5. The van der Waals surface area contributed by atoms with Crippen LogP contribution in [0.15, 0.2) is 78.4 Å². The normalized spacial score (nSPS) is 29.4. The van der Waals surface area contributed by atoms with Crippen molar-refractivity contribution in [1.82, 2.24) is 9.91 Å². The van der Waals surface area contributed by atoms with Gasteiger partial charge in [-0.3, -0.25) is 29.5 Å². The Morgan fingerprint density at radius 2 is 1.62 bits per heavy atom. The van der Waals surface area contributed by atoms with Gasteiger partial charge in [-0.05, 0) is 91.8 Å². The molecule has 4 fully saturated rings. The van der Waals surface area contributed by atoms with Crippen molar-refractivity contribution in [2.24, 2.45) is 23.7 Å². The number of carbonyl (C=O) groups excluding carboxylic acids is 4. The average Bonchev–Trinajstić information content (AvgIpc) is 3.51. The van der Waals surface area contributed by atoms with E-state index in [4.69, 9.17) is 16.3 Å². The van der Waals surface area contributed by atoms with Gasteiger partial charge < -0.3 is 9.84 Å². The highest BCUT2D eigenvalue weighted by Gasteiger charge is 2.70. The molecule has 0 aromatic heterocycles. The van der Waals surface area contributed by atoms with Gasteiger partial charge in [0.15, 0.2) is 0 Å². The van der Waals surface area contributed by atoms with Crippen LogP contribution in [-0.4, -0.2) is 51.8 Å². The van der Waals surface area contributed by atoms with E-state index >= 15 is 4.79 Å². The summed E-state index contributed by atoms with van der Waals surface area (Å²) >= 11 is 6.35. The molecular weight excluding hydrogens is 661 g/mol. The van der Waals surface area contributed by atoms with Crippen molar-refractivity contribution in [2.75, 3.05) is 12.5 Å². The van der Waals surface area contributed by atoms with E-state index in [0.717, 1.165) is 42.7 Å². The van der Waals surface area contributed by atoms with Crippen molar-refractivity contribution in [3.63, 3.8) is 0 Å². The van der Waals surface area contributed by atoms with Crippen LogP contribution in [0.4, 0.5) is 10.1 Å². The van der Waals surface area contributed by atoms with Gasteiger partial charge in [0.25, 0.3) is 11.8 Å². The minimum atomic E-state index is -1.59. The Labute approximate surface area is 294 Å². The smallest absolute Gasteiger partial charge is 0.260 e. The first-order valence-electron chi connectivity index (χ1n) is 17.3. The molecule has 5 aliphatic rings. The molecule has 4 amide bonds. The molecule has 9 nitrogen and oxygen atoms in total. The Bertz CT molecular complexity index is 1930. The molecule has 0 spiro atoms. The number of phenols is 1. The van der Waals surface area contributed by atoms with Crippen molar-refractivity contribution in [3.05, 3.63) is 100 Å². The van der Waals surface area contributed by atoms with E-state index in [9.17, 15) is 23.9 Å². The predicted molar refractivity (Wildman–Crippen MR) is 182 cm³/mol. The Morgan fingerprint density at radius 3 is 2.32 bits per heavy atom. The zero-order chi connectivity index (χ0) is 34.9. The van der Waals surface area contributed by atoms with Gasteiger partial charge in [0.05, 0.1) is 36.0 Å². The number of nitrogens with one attached hydrogen (secondary N) is 1. The summed E-state index contributed by atoms with van der Waals surface area (Å²) < 4.78 is 19.4. The van der Waals surface area contributed by atoms with E-state index in [-0.39, 0.29) is 30.0 Å². The van der Waals surface area contributed by atoms with E-state index in [2.05, 4.69) is 5.43 Å². The van der Waals surface area contributed by atoms with Crippen molar-refractivity contribution < 1.29 is 33.4 Å². The Morgan fingerprint density at radius 1 is 0.900 bits per heavy atom. The number of amides is 4. The van der Waals surface area contributed by atoms with Crippen molar-refractivity contribution >= 4 is 40.9 Å². The number of imide groups is 2. The van der Waals surface area contributed by atoms with Crippen LogP contribution in [0.25, 0.3) is 0 Å². The van der Waals surface area contributed by atoms with E-state index in [1.54, 1.807) is 36.4 Å². The van der Waals surface area contributed by atoms with E-state index in [1.807, 2.05) is 6.08 Å². The summed E-state index contributed by atoms with van der Waals surface area (Å²) in [4.78, 5) is 59.9. The number of aromatic hydroxyl groups is 1. The number of rotatable bonds is 6. The largest absolute Gasteiger partial charge is 0.508 e. The number of halogens is 2. The summed E-state index contributed by atoms with van der Waals surface area (Å²) in [7, 11) is 1.50. The molecule has 258 valence electrons. The molecule has 11 heteroatoms. The molecule has 0 bridgehead atoms. The number of phenolic OH excluding ortho intramolecular Hbond substituents is 1. The fourth-order valence-corrected chi connectivity index (χ4v) is 9.74. The molecule has 2 N–H and O–H groups in total. The molecule has 3 aromatic rings. The summed E-state index contributed by atoms with van der Waals surface area (Å²) in [6.07, 6.45) is 6.94. The summed E-state index contributed by atoms with van der Waals surface area (Å²) in [5.74, 6) is -5.36. The molecule has 0 radical (unpaired) electrons. The number of fused-ring (bicyclic) bond motifs is 4. The van der Waals surface area contributed by atoms with Crippen molar-refractivity contribution in [1.29, 1.82) is 0 Å². The molecule has 3 aliphatic carbocycles. The lowest BCUT2D eigenvalue weighted by Gasteiger charge is -2.50. The molecule has 2 saturated carbocycles. The third-order valence-corrected chi connectivity index (χ3v) is 12.0. The number of hydrogen-bond donors (Lipinski definition) is 2. The van der Waals surface area contributed by atoms with Crippen LogP contribution in [0.2, 0.25) is 5.02 Å². The number of anilines is 1. The van der Waals surface area contributed by atoms with Crippen LogP contribution in [0, 0.1) is 29.5 Å². The fraction of sp³-hybridized carbons (Fsp3) is 0.385. The highest BCUT2D eigenvalue weighted by Crippen LogP contribution is 2.65. The fourth-order valence-electron chi connectivity index (χ4n) is 9.61. The lowest BCUT2D eigenvalue weighted by atomic mass is 9.49. The lowest BCUT2D eigenvalue weighted by Crippen LogP contribution is -2.53. The first-order valence-corrected chi connectivity index (χ1v) is 17.6. The van der Waals surface area contributed by atoms with E-state index < -0.39 is 52.6 Å². The summed E-state index contributed by atoms with van der Waals surface area (Å²) in [5, 5.41) is 13.0. The number of ether oxygens (including phenoxy) is 1. The Balaban J connectivity index is 1.33. The number of carbonyl (C=O) groups is 4. The minimum absolute atomic E-state index is 0.102. The molecule has 6 atom stereocenters. The second-order valence-electron chi connectivity index (χ2n) is 14.1. The van der Waals surface area contributed by atoms with Gasteiger partial charge in [-0.1, -0.05) is 54.6 Å². The molecule has 2 heterocycles. The highest BCUT2D eigenvalue weighted by molar-refractivity contribution is 6.30. The number of allylic oxidation sites excluding steroid dienone is 2. The average molecular weight is 698 g/mol. The van der Waals surface area contributed by atoms with Crippen molar-refractivity contribution in [2.45, 2.75) is 62.3 Å². The molecule has 2 saturated heterocycles. The summed E-state index contributed by atoms with van der Waals surface area (Å²) in [6.45, 7) is 0. The molecule has 2 aliphatic heterocycles. The number of hydrazine groups is 1. The van der Waals surface area contributed by atoms with Crippen LogP contribution in [0.1, 0.15) is 62.0 Å². The molecular formula is C39H37ClFN3O6. The Kier molecular flexibility index (Phi) is 7.97. The maximum atomic E-state index is 15.2. The second-order valence-corrected chi connectivity index (χ2v) is 14.6. The lowest BCUT2D eigenvalue weighted by molar-refractivity contribution is -0.144. The monoisotopic (exact) mass is 697 g/mol. The third-order valence-electron chi connectivity index (χ3n) is 11.8. The van der Waals surface area contributed by atoms with Crippen LogP contribution in [0.5, 0.6) is 11.5 Å². The van der Waals surface area contributed by atoms with Crippen LogP contribution in [-0.2, 0) is 24.6 Å². The van der Waals surface area contributed by atoms with E-state index in [1.165, 1.54) is 42.3 Å². The maximum absolute atomic E-state index is 15.2. The molecule has 3 aromatic carbocycles. The molecule has 50 heavy (non-hydrogen) atoms. The second kappa shape index (κ2) is 12.3. The molecule has 8 rings (SSSR count). The first-order chi connectivity index (χ1) is 24.1. The standard InChI is InChI=1S/C39H37ClFN3O6/c1-50-26-15-18-32(45)30(19-26)34-27-16-17-28-33(37(48)43(35(28)46)25-5-3-2-4-6-25)29(27)20-31-36(47)44(42-24-13-11-23(41)12-14-24)38(49)39(31,34)21-7-9-22(40)10-8-21/h7-16,18-19,25,28-29,31,33-34,42,45H,2-6,17,20H2,1H3. The zero-order valence-corrected chi connectivity index (χ0v) is 28.2. The van der Waals surface area contributed by atoms with Crippen LogP contribution < -0.4 is 10.2 Å². The van der Waals surface area contributed by atoms with Gasteiger partial charge in [0.2, 0.25) is 11.8 Å². The number of benzene rings is 3. The van der Waals surface area contributed by atoms with Crippen molar-refractivity contribution in [3.8, 4) is 11.5 Å². The highest BCUT2D eigenvalue weighted by atomic mass is 35.5. The molecule has 6 unspecified atom stereocenters. The van der Waals surface area contributed by atoms with Gasteiger partial charge in [-0.25, -0.2) is 4.39 Å². The summed E-state index contributed by atoms with van der Waals surface area (Å²) in [6, 6.07) is 16.8. The third kappa shape index (κ3) is 4.78. The number of likely N-dealkylation sites (tertiary alicyclic amines) is 1. The first kappa shape index (κ1) is 32.5. The van der Waals surface area contributed by atoms with Gasteiger partial charge in [0.1, 0.15) is 17.3 Å². The minimum Gasteiger partial charge on any atom is -0.508 e. The van der Waals surface area contributed by atoms with Gasteiger partial charge in [-0.2, -0.15) is 5.01 Å². The Hall–Kier alpha value is -4.70. The quantitative estimate of drug-likeness (QED) is 0.223. The van der Waals surface area contributed by atoms with Crippen LogP contribution >= 0.6 is 11.6 Å². The summed E-state index contributed by atoms with van der Waals surface area (Å²) in [5.41, 5.74) is 3.29. The maximum Gasteiger partial charge on any atom is 0.260 e. The predicted octanol–water partition coefficient (Wildman–Crippen LogP) is 6.51. The number of hydrogen-bond acceptors (Lipinski definition) is 7.